The van der Waals surface area contributed by atoms with E-state index < -0.39 is 11.7 Å². The van der Waals surface area contributed by atoms with Crippen molar-refractivity contribution in [3.63, 3.8) is 0 Å². The Labute approximate surface area is 176 Å². The van der Waals surface area contributed by atoms with Gasteiger partial charge in [-0.15, -0.1) is 0 Å². The molecule has 2 aromatic rings. The second-order valence-electron chi connectivity index (χ2n) is 8.92. The summed E-state index contributed by atoms with van der Waals surface area (Å²) in [6.45, 7) is 6.80. The first-order valence-corrected chi connectivity index (χ1v) is 11.1. The van der Waals surface area contributed by atoms with Crippen LogP contribution in [0.25, 0.3) is 11.0 Å². The summed E-state index contributed by atoms with van der Waals surface area (Å²) in [6, 6.07) is 5.21. The number of piperidine rings is 1. The van der Waals surface area contributed by atoms with E-state index in [1.54, 1.807) is 6.92 Å². The Balaban J connectivity index is 1.56. The molecule has 6 heteroatoms. The van der Waals surface area contributed by atoms with Crippen molar-refractivity contribution in [1.82, 2.24) is 4.90 Å². The molecule has 30 heavy (non-hydrogen) atoms. The molecule has 1 aromatic carbocycles. The Morgan fingerprint density at radius 2 is 2.13 bits per heavy atom. The first-order valence-electron chi connectivity index (χ1n) is 11.1. The average Bonchev–Trinajstić information content (AvgIpc) is 2.71. The molecule has 1 saturated heterocycles. The zero-order valence-electron chi connectivity index (χ0n) is 18.1. The number of nitrogens with zero attached hydrogens (tertiary/aromatic N) is 1. The van der Waals surface area contributed by atoms with Crippen LogP contribution in [0.4, 0.5) is 0 Å². The van der Waals surface area contributed by atoms with Gasteiger partial charge in [-0.25, -0.2) is 4.79 Å². The van der Waals surface area contributed by atoms with Crippen molar-refractivity contribution in [3.8, 4) is 5.75 Å². The van der Waals surface area contributed by atoms with E-state index in [1.165, 1.54) is 6.07 Å². The van der Waals surface area contributed by atoms with E-state index in [1.807, 2.05) is 30.9 Å². The molecule has 3 unspecified atom stereocenters. The van der Waals surface area contributed by atoms with Gasteiger partial charge in [0, 0.05) is 25.1 Å². The van der Waals surface area contributed by atoms with E-state index >= 15 is 0 Å². The number of carbonyl (C=O) groups excluding carboxylic acids is 1. The van der Waals surface area contributed by atoms with Gasteiger partial charge in [0.15, 0.2) is 6.10 Å². The van der Waals surface area contributed by atoms with E-state index in [4.69, 9.17) is 9.15 Å². The molecular weight excluding hydrogens is 382 g/mol. The highest BCUT2D eigenvalue weighted by atomic mass is 16.5. The first-order chi connectivity index (χ1) is 14.3. The molecule has 4 rings (SSSR count). The molecule has 2 aliphatic rings. The number of likely N-dealkylation sites (tertiary alicyclic amines) is 1. The largest absolute Gasteiger partial charge is 0.480 e. The van der Waals surface area contributed by atoms with Gasteiger partial charge in [0.2, 0.25) is 0 Å². The maximum Gasteiger partial charge on any atom is 0.336 e. The number of aliphatic hydroxyl groups is 1. The van der Waals surface area contributed by atoms with Crippen LogP contribution < -0.4 is 10.4 Å². The standard InChI is InChI=1S/C24H31NO5/c1-4-17-13-21(26)30-20-12-15(2)11-19(22(17)20)29-16(3)23(27)25-10-9-24(28)8-6-5-7-18(24)14-25/h11-13,16,18,28H,4-10,14H2,1-3H3. The highest BCUT2D eigenvalue weighted by Crippen LogP contribution is 2.40. The fraction of sp³-hybridized carbons (Fsp3) is 0.583. The third kappa shape index (κ3) is 3.85. The van der Waals surface area contributed by atoms with Gasteiger partial charge in [-0.3, -0.25) is 4.79 Å². The second kappa shape index (κ2) is 8.06. The number of amides is 1. The molecule has 162 valence electrons. The van der Waals surface area contributed by atoms with Crippen molar-refractivity contribution in [3.05, 3.63) is 39.7 Å². The molecule has 0 radical (unpaired) electrons. The minimum atomic E-state index is -0.665. The van der Waals surface area contributed by atoms with Crippen LogP contribution in [0.15, 0.2) is 27.4 Å². The lowest BCUT2D eigenvalue weighted by Crippen LogP contribution is -2.56. The van der Waals surface area contributed by atoms with Gasteiger partial charge in [-0.05, 0) is 62.8 Å². The number of benzene rings is 1. The molecule has 0 spiro atoms. The molecule has 2 fully saturated rings. The molecule has 0 bridgehead atoms. The monoisotopic (exact) mass is 413 g/mol. The number of hydrogen-bond acceptors (Lipinski definition) is 5. The molecule has 2 heterocycles. The van der Waals surface area contributed by atoms with E-state index in [0.29, 0.717) is 37.3 Å². The lowest BCUT2D eigenvalue weighted by Gasteiger charge is -2.47. The van der Waals surface area contributed by atoms with E-state index in [0.717, 1.165) is 42.2 Å². The van der Waals surface area contributed by atoms with Crippen molar-refractivity contribution >= 4 is 16.9 Å². The van der Waals surface area contributed by atoms with Gasteiger partial charge in [0.25, 0.3) is 5.91 Å². The van der Waals surface area contributed by atoms with Crippen LogP contribution in [0.1, 0.15) is 57.1 Å². The number of aryl methyl sites for hydroxylation is 2. The quantitative estimate of drug-likeness (QED) is 0.775. The van der Waals surface area contributed by atoms with Crippen molar-refractivity contribution in [2.24, 2.45) is 5.92 Å². The summed E-state index contributed by atoms with van der Waals surface area (Å²) < 4.78 is 11.5. The molecular formula is C24H31NO5. The van der Waals surface area contributed by atoms with Crippen LogP contribution in [0, 0.1) is 12.8 Å². The topological polar surface area (TPSA) is 80.0 Å². The maximum absolute atomic E-state index is 13.2. The van der Waals surface area contributed by atoms with Gasteiger partial charge in [-0.2, -0.15) is 0 Å². The Bertz CT molecular complexity index is 1010. The van der Waals surface area contributed by atoms with E-state index in [2.05, 4.69) is 0 Å². The number of ether oxygens (including phenoxy) is 1. The summed E-state index contributed by atoms with van der Waals surface area (Å²) in [7, 11) is 0. The van der Waals surface area contributed by atoms with Crippen molar-refractivity contribution in [2.45, 2.75) is 71.0 Å². The molecule has 1 amide bonds. The third-order valence-electron chi connectivity index (χ3n) is 6.81. The van der Waals surface area contributed by atoms with E-state index in [9.17, 15) is 14.7 Å². The average molecular weight is 414 g/mol. The zero-order valence-corrected chi connectivity index (χ0v) is 18.1. The lowest BCUT2D eigenvalue weighted by molar-refractivity contribution is -0.149. The summed E-state index contributed by atoms with van der Waals surface area (Å²) >= 11 is 0. The molecule has 3 atom stereocenters. The molecule has 1 aliphatic heterocycles. The van der Waals surface area contributed by atoms with Crippen LogP contribution in [0.5, 0.6) is 5.75 Å². The Morgan fingerprint density at radius 3 is 2.90 bits per heavy atom. The van der Waals surface area contributed by atoms with Crippen LogP contribution in [-0.4, -0.2) is 40.7 Å². The van der Waals surface area contributed by atoms with Crippen LogP contribution in [0.3, 0.4) is 0 Å². The number of rotatable bonds is 4. The van der Waals surface area contributed by atoms with Gasteiger partial charge >= 0.3 is 5.63 Å². The van der Waals surface area contributed by atoms with Gasteiger partial charge < -0.3 is 19.2 Å². The third-order valence-corrected chi connectivity index (χ3v) is 6.81. The fourth-order valence-electron chi connectivity index (χ4n) is 5.11. The van der Waals surface area contributed by atoms with E-state index in [-0.39, 0.29) is 17.5 Å². The molecule has 6 nitrogen and oxygen atoms in total. The van der Waals surface area contributed by atoms with Gasteiger partial charge in [0.1, 0.15) is 11.3 Å². The first kappa shape index (κ1) is 20.9. The van der Waals surface area contributed by atoms with Crippen molar-refractivity contribution in [2.75, 3.05) is 13.1 Å². The predicted octanol–water partition coefficient (Wildman–Crippen LogP) is 3.58. The number of carbonyl (C=O) groups is 1. The fourth-order valence-corrected chi connectivity index (χ4v) is 5.11. The zero-order chi connectivity index (χ0) is 21.5. The minimum Gasteiger partial charge on any atom is -0.480 e. The highest BCUT2D eigenvalue weighted by Gasteiger charge is 2.44. The SMILES string of the molecule is CCc1cc(=O)oc2cc(C)cc(OC(C)C(=O)N3CCC4(O)CCCCC4C3)c12. The predicted molar refractivity (Wildman–Crippen MR) is 115 cm³/mol. The molecule has 1 N–H and O–H groups in total. The van der Waals surface area contributed by atoms with Crippen molar-refractivity contribution < 1.29 is 19.1 Å². The minimum absolute atomic E-state index is 0.0623. The normalized spacial score (nSPS) is 25.1. The lowest BCUT2D eigenvalue weighted by atomic mass is 9.71. The summed E-state index contributed by atoms with van der Waals surface area (Å²) in [5.41, 5.74) is 1.24. The van der Waals surface area contributed by atoms with Crippen LogP contribution in [0.2, 0.25) is 0 Å². The van der Waals surface area contributed by atoms with Crippen LogP contribution in [-0.2, 0) is 11.2 Å². The summed E-state index contributed by atoms with van der Waals surface area (Å²) in [6.07, 6.45) is 4.62. The molecule has 1 aliphatic carbocycles. The van der Waals surface area contributed by atoms with Crippen LogP contribution >= 0.6 is 0 Å². The maximum atomic E-state index is 13.2. The molecule has 1 aromatic heterocycles. The molecule has 1 saturated carbocycles. The number of hydrogen-bond donors (Lipinski definition) is 1. The number of fused-ring (bicyclic) bond motifs is 2. The van der Waals surface area contributed by atoms with Gasteiger partial charge in [-0.1, -0.05) is 19.8 Å². The smallest absolute Gasteiger partial charge is 0.336 e. The Kier molecular flexibility index (Phi) is 5.62. The summed E-state index contributed by atoms with van der Waals surface area (Å²) in [5, 5.41) is 11.6. The second-order valence-corrected chi connectivity index (χ2v) is 8.92. The highest BCUT2D eigenvalue weighted by molar-refractivity contribution is 5.88. The van der Waals surface area contributed by atoms with Gasteiger partial charge in [0.05, 0.1) is 11.0 Å². The Morgan fingerprint density at radius 1 is 1.33 bits per heavy atom. The summed E-state index contributed by atoms with van der Waals surface area (Å²) in [5.74, 6) is 0.655. The van der Waals surface area contributed by atoms with Crippen molar-refractivity contribution in [1.29, 1.82) is 0 Å². The Hall–Kier alpha value is -2.34. The summed E-state index contributed by atoms with van der Waals surface area (Å²) in [4.78, 5) is 26.9.